The number of rotatable bonds is 8. The Balaban J connectivity index is 2.14. The summed E-state index contributed by atoms with van der Waals surface area (Å²) < 4.78 is 30.1. The van der Waals surface area contributed by atoms with Crippen molar-refractivity contribution in [3.8, 4) is 5.75 Å². The van der Waals surface area contributed by atoms with Crippen LogP contribution in [0.25, 0.3) is 0 Å². The maximum Gasteiger partial charge on any atom is 0.251 e. The maximum atomic E-state index is 12.7. The molecule has 0 saturated carbocycles. The van der Waals surface area contributed by atoms with Gasteiger partial charge in [-0.2, -0.15) is 0 Å². The average molecular weight is 391 g/mol. The Morgan fingerprint density at radius 3 is 2.11 bits per heavy atom. The molecule has 0 heterocycles. The Hall–Kier alpha value is -2.54. The summed E-state index contributed by atoms with van der Waals surface area (Å²) in [4.78, 5) is 12.7. The van der Waals surface area contributed by atoms with Gasteiger partial charge in [0.2, 0.25) is 10.0 Å². The highest BCUT2D eigenvalue weighted by molar-refractivity contribution is 7.92. The van der Waals surface area contributed by atoms with Crippen LogP contribution in [0, 0.1) is 5.92 Å². The van der Waals surface area contributed by atoms with Crippen LogP contribution in [0.3, 0.4) is 0 Å². The number of amides is 1. The van der Waals surface area contributed by atoms with Gasteiger partial charge in [-0.1, -0.05) is 26.0 Å². The van der Waals surface area contributed by atoms with Crippen molar-refractivity contribution < 1.29 is 17.9 Å². The van der Waals surface area contributed by atoms with E-state index in [1.165, 1.54) is 0 Å². The van der Waals surface area contributed by atoms with E-state index in [1.807, 2.05) is 24.3 Å². The van der Waals surface area contributed by atoms with Gasteiger partial charge in [0.1, 0.15) is 5.75 Å². The molecule has 0 aromatic heterocycles. The number of hydrogen-bond acceptors (Lipinski definition) is 4. The summed E-state index contributed by atoms with van der Waals surface area (Å²) in [7, 11) is -1.73. The fraction of sp³-hybridized carbons (Fsp3) is 0.350. The SMILES string of the molecule is COc1ccc(C(CC(C)C)NC(=O)c2ccc(NS(C)(=O)=O)cc2)cc1. The Morgan fingerprint density at radius 1 is 1.04 bits per heavy atom. The molecule has 0 fully saturated rings. The second-order valence-electron chi connectivity index (χ2n) is 6.88. The van der Waals surface area contributed by atoms with Crippen LogP contribution in [0.2, 0.25) is 0 Å². The summed E-state index contributed by atoms with van der Waals surface area (Å²) in [6, 6.07) is 13.9. The van der Waals surface area contributed by atoms with Crippen LogP contribution in [-0.4, -0.2) is 27.7 Å². The lowest BCUT2D eigenvalue weighted by Gasteiger charge is -2.21. The lowest BCUT2D eigenvalue weighted by molar-refractivity contribution is 0.0932. The zero-order valence-electron chi connectivity index (χ0n) is 16.0. The van der Waals surface area contributed by atoms with E-state index in [0.29, 0.717) is 17.2 Å². The van der Waals surface area contributed by atoms with Crippen molar-refractivity contribution >= 4 is 21.6 Å². The van der Waals surface area contributed by atoms with Crippen molar-refractivity contribution in [1.29, 1.82) is 0 Å². The molecule has 0 aliphatic heterocycles. The molecule has 146 valence electrons. The molecule has 0 spiro atoms. The van der Waals surface area contributed by atoms with E-state index in [9.17, 15) is 13.2 Å². The first-order chi connectivity index (χ1) is 12.7. The smallest absolute Gasteiger partial charge is 0.251 e. The quantitative estimate of drug-likeness (QED) is 0.721. The van der Waals surface area contributed by atoms with E-state index in [4.69, 9.17) is 4.74 Å². The summed E-state index contributed by atoms with van der Waals surface area (Å²) in [6.45, 7) is 4.21. The van der Waals surface area contributed by atoms with Crippen molar-refractivity contribution in [2.75, 3.05) is 18.1 Å². The molecule has 2 aromatic carbocycles. The van der Waals surface area contributed by atoms with Gasteiger partial charge in [0.05, 0.1) is 19.4 Å². The highest BCUT2D eigenvalue weighted by Gasteiger charge is 2.17. The molecule has 7 heteroatoms. The molecule has 0 bridgehead atoms. The molecular formula is C20H26N2O4S. The lowest BCUT2D eigenvalue weighted by atomic mass is 9.96. The standard InChI is InChI=1S/C20H26N2O4S/c1-14(2)13-19(15-7-11-18(26-3)12-8-15)21-20(23)16-5-9-17(10-6-16)22-27(4,24)25/h5-12,14,19,22H,13H2,1-4H3,(H,21,23). The molecular weight excluding hydrogens is 364 g/mol. The molecule has 27 heavy (non-hydrogen) atoms. The minimum absolute atomic E-state index is 0.128. The van der Waals surface area contributed by atoms with E-state index < -0.39 is 10.0 Å². The Labute approximate surface area is 161 Å². The zero-order chi connectivity index (χ0) is 20.0. The summed E-state index contributed by atoms with van der Waals surface area (Å²) in [5, 5.41) is 3.07. The van der Waals surface area contributed by atoms with Gasteiger partial charge in [-0.15, -0.1) is 0 Å². The van der Waals surface area contributed by atoms with Gasteiger partial charge in [0.25, 0.3) is 5.91 Å². The lowest BCUT2D eigenvalue weighted by Crippen LogP contribution is -2.29. The van der Waals surface area contributed by atoms with Gasteiger partial charge in [0, 0.05) is 11.3 Å². The molecule has 1 atom stereocenters. The molecule has 2 N–H and O–H groups in total. The largest absolute Gasteiger partial charge is 0.497 e. The number of sulfonamides is 1. The molecule has 1 amide bonds. The summed E-state index contributed by atoms with van der Waals surface area (Å²) in [6.07, 6.45) is 1.88. The van der Waals surface area contributed by atoms with Crippen LogP contribution in [0.4, 0.5) is 5.69 Å². The highest BCUT2D eigenvalue weighted by Crippen LogP contribution is 2.24. The van der Waals surface area contributed by atoms with Crippen molar-refractivity contribution in [3.05, 3.63) is 59.7 Å². The molecule has 0 saturated heterocycles. The third kappa shape index (κ3) is 6.60. The number of carbonyl (C=O) groups excluding carboxylic acids is 1. The molecule has 2 rings (SSSR count). The zero-order valence-corrected chi connectivity index (χ0v) is 16.8. The number of carbonyl (C=O) groups is 1. The van der Waals surface area contributed by atoms with Crippen LogP contribution in [0.15, 0.2) is 48.5 Å². The number of hydrogen-bond donors (Lipinski definition) is 2. The van der Waals surface area contributed by atoms with E-state index in [-0.39, 0.29) is 11.9 Å². The van der Waals surface area contributed by atoms with Crippen molar-refractivity contribution in [3.63, 3.8) is 0 Å². The number of methoxy groups -OCH3 is 1. The summed E-state index contributed by atoms with van der Waals surface area (Å²) in [5.74, 6) is 0.962. The predicted molar refractivity (Wildman–Crippen MR) is 108 cm³/mol. The first-order valence-corrected chi connectivity index (χ1v) is 10.6. The summed E-state index contributed by atoms with van der Waals surface area (Å²) in [5.41, 5.74) is 1.90. The minimum atomic E-state index is -3.35. The average Bonchev–Trinajstić information content (AvgIpc) is 2.60. The maximum absolute atomic E-state index is 12.7. The van der Waals surface area contributed by atoms with Crippen molar-refractivity contribution in [2.24, 2.45) is 5.92 Å². The normalized spacial score (nSPS) is 12.5. The van der Waals surface area contributed by atoms with Gasteiger partial charge in [0.15, 0.2) is 0 Å². The predicted octanol–water partition coefficient (Wildman–Crippen LogP) is 3.58. The van der Waals surface area contributed by atoms with E-state index in [0.717, 1.165) is 24.0 Å². The van der Waals surface area contributed by atoms with Crippen LogP contribution in [0.1, 0.15) is 42.2 Å². The first kappa shape index (κ1) is 20.8. The van der Waals surface area contributed by atoms with Gasteiger partial charge in [-0.05, 0) is 54.3 Å². The fourth-order valence-electron chi connectivity index (χ4n) is 2.73. The van der Waals surface area contributed by atoms with Gasteiger partial charge >= 0.3 is 0 Å². The third-order valence-electron chi connectivity index (χ3n) is 3.98. The van der Waals surface area contributed by atoms with E-state index in [1.54, 1.807) is 31.4 Å². The molecule has 6 nitrogen and oxygen atoms in total. The second kappa shape index (κ2) is 8.90. The van der Waals surface area contributed by atoms with Crippen molar-refractivity contribution in [2.45, 2.75) is 26.3 Å². The minimum Gasteiger partial charge on any atom is -0.497 e. The van der Waals surface area contributed by atoms with Crippen molar-refractivity contribution in [1.82, 2.24) is 5.32 Å². The Kier molecular flexibility index (Phi) is 6.85. The topological polar surface area (TPSA) is 84.5 Å². The Morgan fingerprint density at radius 2 is 1.63 bits per heavy atom. The van der Waals surface area contributed by atoms with Gasteiger partial charge in [-0.3, -0.25) is 9.52 Å². The number of anilines is 1. The van der Waals surface area contributed by atoms with Gasteiger partial charge < -0.3 is 10.1 Å². The number of ether oxygens (including phenoxy) is 1. The molecule has 0 radical (unpaired) electrons. The van der Waals surface area contributed by atoms with Crippen LogP contribution in [0.5, 0.6) is 5.75 Å². The first-order valence-electron chi connectivity index (χ1n) is 8.70. The third-order valence-corrected chi connectivity index (χ3v) is 4.59. The van der Waals surface area contributed by atoms with Crippen LogP contribution < -0.4 is 14.8 Å². The van der Waals surface area contributed by atoms with Gasteiger partial charge in [-0.25, -0.2) is 8.42 Å². The highest BCUT2D eigenvalue weighted by atomic mass is 32.2. The Bertz CT molecular complexity index is 860. The number of nitrogens with one attached hydrogen (secondary N) is 2. The second-order valence-corrected chi connectivity index (χ2v) is 8.63. The molecule has 1 unspecified atom stereocenters. The number of benzene rings is 2. The summed E-state index contributed by atoms with van der Waals surface area (Å²) >= 11 is 0. The fourth-order valence-corrected chi connectivity index (χ4v) is 3.30. The van der Waals surface area contributed by atoms with Crippen LogP contribution in [-0.2, 0) is 10.0 Å². The van der Waals surface area contributed by atoms with E-state index in [2.05, 4.69) is 23.9 Å². The molecule has 2 aromatic rings. The molecule has 0 aliphatic carbocycles. The van der Waals surface area contributed by atoms with E-state index >= 15 is 0 Å². The molecule has 0 aliphatic rings. The van der Waals surface area contributed by atoms with Crippen LogP contribution >= 0.6 is 0 Å². The monoisotopic (exact) mass is 390 g/mol.